The lowest BCUT2D eigenvalue weighted by molar-refractivity contribution is -0.384. The smallest absolute Gasteiger partial charge is 0.269 e. The molecular formula is C12H18N2O3. The molecule has 1 aromatic carbocycles. The van der Waals surface area contributed by atoms with Crippen LogP contribution in [0.2, 0.25) is 0 Å². The highest BCUT2D eigenvalue weighted by Gasteiger charge is 2.04. The fourth-order valence-electron chi connectivity index (χ4n) is 1.50. The van der Waals surface area contributed by atoms with Crippen molar-refractivity contribution in [3.8, 4) is 0 Å². The standard InChI is InChI=1S/C12H18N2O3/c1-3-17-10(2)8-13-9-11-4-6-12(7-5-11)14(15)16/h4-7,10,13H,3,8-9H2,1-2H3. The van der Waals surface area contributed by atoms with Crippen molar-refractivity contribution < 1.29 is 9.66 Å². The zero-order chi connectivity index (χ0) is 12.7. The van der Waals surface area contributed by atoms with Crippen molar-refractivity contribution in [2.45, 2.75) is 26.5 Å². The van der Waals surface area contributed by atoms with Gasteiger partial charge in [0.15, 0.2) is 0 Å². The second-order valence-corrected chi connectivity index (χ2v) is 3.82. The highest BCUT2D eigenvalue weighted by atomic mass is 16.6. The molecule has 0 saturated carbocycles. The molecule has 1 atom stereocenters. The van der Waals surface area contributed by atoms with Crippen molar-refractivity contribution in [1.82, 2.24) is 5.32 Å². The fourth-order valence-corrected chi connectivity index (χ4v) is 1.50. The molecule has 1 unspecified atom stereocenters. The number of nitro benzene ring substituents is 1. The lowest BCUT2D eigenvalue weighted by Gasteiger charge is -2.12. The van der Waals surface area contributed by atoms with E-state index in [1.165, 1.54) is 12.1 Å². The number of hydrogen-bond acceptors (Lipinski definition) is 4. The van der Waals surface area contributed by atoms with E-state index in [4.69, 9.17) is 4.74 Å². The molecule has 1 rings (SSSR count). The summed E-state index contributed by atoms with van der Waals surface area (Å²) in [7, 11) is 0. The van der Waals surface area contributed by atoms with E-state index in [0.29, 0.717) is 13.2 Å². The van der Waals surface area contributed by atoms with E-state index in [1.54, 1.807) is 12.1 Å². The number of non-ortho nitro benzene ring substituents is 1. The summed E-state index contributed by atoms with van der Waals surface area (Å²) in [5.41, 5.74) is 1.15. The summed E-state index contributed by atoms with van der Waals surface area (Å²) in [6.07, 6.45) is 0.179. The van der Waals surface area contributed by atoms with Gasteiger partial charge in [-0.3, -0.25) is 10.1 Å². The van der Waals surface area contributed by atoms with Crippen molar-refractivity contribution >= 4 is 5.69 Å². The first-order chi connectivity index (χ1) is 8.13. The summed E-state index contributed by atoms with van der Waals surface area (Å²) in [6, 6.07) is 6.55. The van der Waals surface area contributed by atoms with E-state index in [-0.39, 0.29) is 11.8 Å². The molecule has 5 heteroatoms. The summed E-state index contributed by atoms with van der Waals surface area (Å²) >= 11 is 0. The van der Waals surface area contributed by atoms with Crippen LogP contribution >= 0.6 is 0 Å². The molecule has 1 aromatic rings. The lowest BCUT2D eigenvalue weighted by atomic mass is 10.2. The predicted molar refractivity (Wildman–Crippen MR) is 65.9 cm³/mol. The molecule has 0 aromatic heterocycles. The number of nitro groups is 1. The van der Waals surface area contributed by atoms with Gasteiger partial charge in [0.25, 0.3) is 5.69 Å². The third kappa shape index (κ3) is 4.93. The average molecular weight is 238 g/mol. The van der Waals surface area contributed by atoms with Crippen LogP contribution in [0.15, 0.2) is 24.3 Å². The second-order valence-electron chi connectivity index (χ2n) is 3.82. The van der Waals surface area contributed by atoms with Crippen LogP contribution in [-0.4, -0.2) is 24.2 Å². The first-order valence-corrected chi connectivity index (χ1v) is 5.69. The topological polar surface area (TPSA) is 64.4 Å². The summed E-state index contributed by atoms with van der Waals surface area (Å²) in [5.74, 6) is 0. The van der Waals surface area contributed by atoms with Crippen LogP contribution in [0, 0.1) is 10.1 Å². The maximum atomic E-state index is 10.5. The SMILES string of the molecule is CCOC(C)CNCc1ccc([N+](=O)[O-])cc1. The van der Waals surface area contributed by atoms with Crippen molar-refractivity contribution in [1.29, 1.82) is 0 Å². The summed E-state index contributed by atoms with van der Waals surface area (Å²) in [5, 5.41) is 13.7. The highest BCUT2D eigenvalue weighted by Crippen LogP contribution is 2.11. The van der Waals surface area contributed by atoms with Crippen LogP contribution in [0.25, 0.3) is 0 Å². The van der Waals surface area contributed by atoms with Gasteiger partial charge in [0.2, 0.25) is 0 Å². The molecular weight excluding hydrogens is 220 g/mol. The number of ether oxygens (including phenoxy) is 1. The maximum absolute atomic E-state index is 10.5. The van der Waals surface area contributed by atoms with E-state index in [2.05, 4.69) is 5.32 Å². The number of benzene rings is 1. The molecule has 0 aliphatic carbocycles. The highest BCUT2D eigenvalue weighted by molar-refractivity contribution is 5.32. The van der Waals surface area contributed by atoms with Gasteiger partial charge in [0.05, 0.1) is 11.0 Å². The maximum Gasteiger partial charge on any atom is 0.269 e. The van der Waals surface area contributed by atoms with E-state index >= 15 is 0 Å². The van der Waals surface area contributed by atoms with Gasteiger partial charge < -0.3 is 10.1 Å². The van der Waals surface area contributed by atoms with Crippen LogP contribution in [0.1, 0.15) is 19.4 Å². The molecule has 94 valence electrons. The Labute approximate surface area is 101 Å². The number of hydrogen-bond donors (Lipinski definition) is 1. The minimum absolute atomic E-state index is 0.122. The summed E-state index contributed by atoms with van der Waals surface area (Å²) in [6.45, 7) is 6.14. The van der Waals surface area contributed by atoms with Crippen molar-refractivity contribution in [2.75, 3.05) is 13.2 Å². The Balaban J connectivity index is 2.34. The Kier molecular flexibility index (Phi) is 5.59. The Hall–Kier alpha value is -1.46. The monoisotopic (exact) mass is 238 g/mol. The Morgan fingerprint density at radius 3 is 2.59 bits per heavy atom. The van der Waals surface area contributed by atoms with Crippen molar-refractivity contribution in [3.05, 3.63) is 39.9 Å². The predicted octanol–water partition coefficient (Wildman–Crippen LogP) is 2.11. The molecule has 0 aliphatic rings. The van der Waals surface area contributed by atoms with Crippen LogP contribution in [0.4, 0.5) is 5.69 Å². The first-order valence-electron chi connectivity index (χ1n) is 5.69. The van der Waals surface area contributed by atoms with Gasteiger partial charge in [-0.25, -0.2) is 0 Å². The largest absolute Gasteiger partial charge is 0.377 e. The van der Waals surface area contributed by atoms with Crippen LogP contribution in [-0.2, 0) is 11.3 Å². The molecule has 17 heavy (non-hydrogen) atoms. The fraction of sp³-hybridized carbons (Fsp3) is 0.500. The Bertz CT molecular complexity index is 351. The molecule has 0 aliphatic heterocycles. The van der Waals surface area contributed by atoms with Crippen LogP contribution in [0.5, 0.6) is 0 Å². The number of nitrogens with zero attached hydrogens (tertiary/aromatic N) is 1. The molecule has 0 amide bonds. The lowest BCUT2D eigenvalue weighted by Crippen LogP contribution is -2.26. The minimum Gasteiger partial charge on any atom is -0.377 e. The van der Waals surface area contributed by atoms with Gasteiger partial charge >= 0.3 is 0 Å². The summed E-state index contributed by atoms with van der Waals surface area (Å²) < 4.78 is 5.38. The molecule has 0 spiro atoms. The minimum atomic E-state index is -0.394. The van der Waals surface area contributed by atoms with E-state index in [0.717, 1.165) is 12.1 Å². The van der Waals surface area contributed by atoms with Gasteiger partial charge in [-0.2, -0.15) is 0 Å². The van der Waals surface area contributed by atoms with Crippen molar-refractivity contribution in [2.24, 2.45) is 0 Å². The Morgan fingerprint density at radius 1 is 1.41 bits per heavy atom. The zero-order valence-corrected chi connectivity index (χ0v) is 10.2. The first kappa shape index (κ1) is 13.6. The normalized spacial score (nSPS) is 12.4. The number of rotatable bonds is 7. The quantitative estimate of drug-likeness (QED) is 0.583. The van der Waals surface area contributed by atoms with E-state index < -0.39 is 4.92 Å². The third-order valence-corrected chi connectivity index (χ3v) is 2.36. The number of nitrogens with one attached hydrogen (secondary N) is 1. The molecule has 0 bridgehead atoms. The average Bonchev–Trinajstić information content (AvgIpc) is 2.30. The molecule has 0 saturated heterocycles. The molecule has 5 nitrogen and oxygen atoms in total. The van der Waals surface area contributed by atoms with E-state index in [1.807, 2.05) is 13.8 Å². The van der Waals surface area contributed by atoms with Gasteiger partial charge in [-0.1, -0.05) is 12.1 Å². The summed E-state index contributed by atoms with van der Waals surface area (Å²) in [4.78, 5) is 10.1. The zero-order valence-electron chi connectivity index (χ0n) is 10.2. The third-order valence-electron chi connectivity index (χ3n) is 2.36. The van der Waals surface area contributed by atoms with Gasteiger partial charge in [0, 0.05) is 31.8 Å². The van der Waals surface area contributed by atoms with Crippen molar-refractivity contribution in [3.63, 3.8) is 0 Å². The molecule has 0 fully saturated rings. The van der Waals surface area contributed by atoms with Gasteiger partial charge in [0.1, 0.15) is 0 Å². The molecule has 1 N–H and O–H groups in total. The van der Waals surface area contributed by atoms with Crippen LogP contribution < -0.4 is 5.32 Å². The van der Waals surface area contributed by atoms with Gasteiger partial charge in [-0.05, 0) is 19.4 Å². The van der Waals surface area contributed by atoms with Crippen LogP contribution in [0.3, 0.4) is 0 Å². The Morgan fingerprint density at radius 2 is 2.06 bits per heavy atom. The van der Waals surface area contributed by atoms with Gasteiger partial charge in [-0.15, -0.1) is 0 Å². The molecule has 0 radical (unpaired) electrons. The van der Waals surface area contributed by atoms with E-state index in [9.17, 15) is 10.1 Å². The second kappa shape index (κ2) is 6.98. The molecule has 0 heterocycles.